The molecule has 0 bridgehead atoms. The van der Waals surface area contributed by atoms with Gasteiger partial charge in [0, 0.05) is 12.0 Å². The number of carbonyl (C=O) groups excluding carboxylic acids is 1. The first-order chi connectivity index (χ1) is 6.63. The Morgan fingerprint density at radius 3 is 2.86 bits per heavy atom. The fourth-order valence-corrected chi connectivity index (χ4v) is 1.33. The average molecular weight is 197 g/mol. The minimum absolute atomic E-state index is 0.0983. The molecule has 1 fully saturated rings. The highest BCUT2D eigenvalue weighted by Crippen LogP contribution is 2.26. The van der Waals surface area contributed by atoms with E-state index in [4.69, 9.17) is 15.9 Å². The van der Waals surface area contributed by atoms with Crippen molar-refractivity contribution in [3.8, 4) is 0 Å². The lowest BCUT2D eigenvalue weighted by Gasteiger charge is -2.34. The molecule has 1 amide bonds. The van der Waals surface area contributed by atoms with E-state index in [0.29, 0.717) is 0 Å². The van der Waals surface area contributed by atoms with E-state index in [9.17, 15) is 4.79 Å². The number of hydrogen-bond donors (Lipinski definition) is 3. The molecule has 1 rings (SSSR count). The fraction of sp³-hybridized carbons (Fsp3) is 0.556. The first-order valence-electron chi connectivity index (χ1n) is 4.51. The lowest BCUT2D eigenvalue weighted by Crippen LogP contribution is -2.48. The average Bonchev–Trinajstić information content (AvgIpc) is 2.06. The van der Waals surface area contributed by atoms with Gasteiger partial charge >= 0.3 is 6.09 Å². The third-order valence-electron chi connectivity index (χ3n) is 2.23. The van der Waals surface area contributed by atoms with Crippen molar-refractivity contribution in [3.05, 3.63) is 12.7 Å². The van der Waals surface area contributed by atoms with Crippen molar-refractivity contribution in [1.82, 2.24) is 5.32 Å². The van der Waals surface area contributed by atoms with Crippen LogP contribution in [0.5, 0.6) is 0 Å². The second-order valence-electron chi connectivity index (χ2n) is 3.35. The number of alkyl carbamates (subject to hydrolysis) is 1. The lowest BCUT2D eigenvalue weighted by atomic mass is 9.79. The van der Waals surface area contributed by atoms with Crippen LogP contribution in [-0.2, 0) is 4.74 Å². The van der Waals surface area contributed by atoms with Gasteiger partial charge in [-0.2, -0.15) is 0 Å². The highest BCUT2D eigenvalue weighted by atomic mass is 16.5. The Balaban J connectivity index is 2.13. The van der Waals surface area contributed by atoms with Crippen molar-refractivity contribution in [3.63, 3.8) is 0 Å². The zero-order chi connectivity index (χ0) is 10.6. The van der Waals surface area contributed by atoms with Crippen molar-refractivity contribution in [2.75, 3.05) is 6.61 Å². The van der Waals surface area contributed by atoms with Crippen molar-refractivity contribution in [2.24, 2.45) is 11.7 Å². The molecule has 0 aromatic rings. The largest absolute Gasteiger partial charge is 0.445 e. The predicted octanol–water partition coefficient (Wildman–Crippen LogP) is 0.613. The third-order valence-corrected chi connectivity index (χ3v) is 2.23. The van der Waals surface area contributed by atoms with Gasteiger partial charge in [-0.1, -0.05) is 12.7 Å². The van der Waals surface area contributed by atoms with Gasteiger partial charge in [0.05, 0.1) is 5.84 Å². The van der Waals surface area contributed by atoms with E-state index in [1.807, 2.05) is 0 Å². The molecule has 0 saturated heterocycles. The lowest BCUT2D eigenvalue weighted by molar-refractivity contribution is 0.144. The Hall–Kier alpha value is -1.52. The summed E-state index contributed by atoms with van der Waals surface area (Å²) in [7, 11) is 0. The van der Waals surface area contributed by atoms with Gasteiger partial charge in [0.15, 0.2) is 0 Å². The first kappa shape index (κ1) is 10.6. The van der Waals surface area contributed by atoms with E-state index >= 15 is 0 Å². The summed E-state index contributed by atoms with van der Waals surface area (Å²) in [6.07, 6.45) is 2.55. The molecule has 0 heterocycles. The van der Waals surface area contributed by atoms with Crippen LogP contribution < -0.4 is 11.1 Å². The Kier molecular flexibility index (Phi) is 3.50. The van der Waals surface area contributed by atoms with Gasteiger partial charge in [0.2, 0.25) is 0 Å². The van der Waals surface area contributed by atoms with Crippen LogP contribution in [0.3, 0.4) is 0 Å². The molecule has 0 spiro atoms. The SMILES string of the molecule is C=CCOC(=O)NC1CC(C(=N)N)C1. The molecule has 5 nitrogen and oxygen atoms in total. The topological polar surface area (TPSA) is 88.2 Å². The molecule has 5 heteroatoms. The Morgan fingerprint density at radius 2 is 2.36 bits per heavy atom. The quantitative estimate of drug-likeness (QED) is 0.350. The van der Waals surface area contributed by atoms with Crippen LogP contribution in [0, 0.1) is 11.3 Å². The van der Waals surface area contributed by atoms with Gasteiger partial charge in [-0.25, -0.2) is 4.79 Å². The van der Waals surface area contributed by atoms with Gasteiger partial charge in [0.1, 0.15) is 6.61 Å². The summed E-state index contributed by atoms with van der Waals surface area (Å²) in [6, 6.07) is 0.0983. The molecule has 0 aliphatic heterocycles. The molecular formula is C9H15N3O2. The van der Waals surface area contributed by atoms with Crippen LogP contribution in [0.4, 0.5) is 4.79 Å². The van der Waals surface area contributed by atoms with Crippen LogP contribution in [0.25, 0.3) is 0 Å². The minimum Gasteiger partial charge on any atom is -0.445 e. The van der Waals surface area contributed by atoms with E-state index in [1.54, 1.807) is 0 Å². The zero-order valence-electron chi connectivity index (χ0n) is 7.95. The number of nitrogens with one attached hydrogen (secondary N) is 2. The van der Waals surface area contributed by atoms with Crippen LogP contribution in [0.2, 0.25) is 0 Å². The number of nitrogens with two attached hydrogens (primary N) is 1. The number of hydrogen-bond acceptors (Lipinski definition) is 3. The van der Waals surface area contributed by atoms with E-state index in [2.05, 4.69) is 11.9 Å². The van der Waals surface area contributed by atoms with Gasteiger partial charge in [-0.15, -0.1) is 0 Å². The Morgan fingerprint density at radius 1 is 1.71 bits per heavy atom. The third kappa shape index (κ3) is 2.76. The second-order valence-corrected chi connectivity index (χ2v) is 3.35. The number of carbonyl (C=O) groups is 1. The fourth-order valence-electron chi connectivity index (χ4n) is 1.33. The number of amides is 1. The molecule has 14 heavy (non-hydrogen) atoms. The summed E-state index contributed by atoms with van der Waals surface area (Å²) in [6.45, 7) is 3.65. The second kappa shape index (κ2) is 4.64. The maximum Gasteiger partial charge on any atom is 0.407 e. The van der Waals surface area contributed by atoms with Crippen molar-refractivity contribution >= 4 is 11.9 Å². The summed E-state index contributed by atoms with van der Waals surface area (Å²) < 4.78 is 4.74. The van der Waals surface area contributed by atoms with Crippen LogP contribution in [0.15, 0.2) is 12.7 Å². The molecule has 0 aromatic heterocycles. The van der Waals surface area contributed by atoms with E-state index in [1.165, 1.54) is 6.08 Å². The van der Waals surface area contributed by atoms with Gasteiger partial charge < -0.3 is 15.8 Å². The van der Waals surface area contributed by atoms with Crippen LogP contribution in [-0.4, -0.2) is 24.6 Å². The number of ether oxygens (including phenoxy) is 1. The smallest absolute Gasteiger partial charge is 0.407 e. The molecule has 4 N–H and O–H groups in total. The highest BCUT2D eigenvalue weighted by molar-refractivity contribution is 5.81. The van der Waals surface area contributed by atoms with Gasteiger partial charge in [-0.3, -0.25) is 5.41 Å². The van der Waals surface area contributed by atoms with Gasteiger partial charge in [0.25, 0.3) is 0 Å². The molecule has 0 aromatic carbocycles. The summed E-state index contributed by atoms with van der Waals surface area (Å²) in [4.78, 5) is 11.0. The molecule has 1 aliphatic carbocycles. The zero-order valence-corrected chi connectivity index (χ0v) is 7.95. The van der Waals surface area contributed by atoms with E-state index < -0.39 is 6.09 Å². The van der Waals surface area contributed by atoms with Crippen molar-refractivity contribution in [1.29, 1.82) is 5.41 Å². The molecule has 1 saturated carbocycles. The standard InChI is InChI=1S/C9H15N3O2/c1-2-3-14-9(13)12-7-4-6(5-7)8(10)11/h2,6-7H,1,3-5H2,(H3,10,11)(H,12,13). The summed E-state index contributed by atoms with van der Waals surface area (Å²) >= 11 is 0. The van der Waals surface area contributed by atoms with E-state index in [-0.39, 0.29) is 24.4 Å². The normalized spacial score (nSPS) is 24.6. The monoisotopic (exact) mass is 197 g/mol. The molecular weight excluding hydrogens is 182 g/mol. The minimum atomic E-state index is -0.433. The summed E-state index contributed by atoms with van der Waals surface area (Å²) in [5.74, 6) is 0.321. The van der Waals surface area contributed by atoms with Crippen LogP contribution >= 0.6 is 0 Å². The van der Waals surface area contributed by atoms with Crippen molar-refractivity contribution < 1.29 is 9.53 Å². The molecule has 0 atom stereocenters. The van der Waals surface area contributed by atoms with Crippen LogP contribution in [0.1, 0.15) is 12.8 Å². The summed E-state index contributed by atoms with van der Waals surface area (Å²) in [5.41, 5.74) is 5.30. The molecule has 1 aliphatic rings. The first-order valence-corrected chi connectivity index (χ1v) is 4.51. The Bertz CT molecular complexity index is 246. The molecule has 78 valence electrons. The predicted molar refractivity (Wildman–Crippen MR) is 53.1 cm³/mol. The Labute approximate surface area is 82.8 Å². The highest BCUT2D eigenvalue weighted by Gasteiger charge is 2.32. The number of rotatable bonds is 4. The maximum atomic E-state index is 11.0. The molecule has 0 unspecified atom stereocenters. The van der Waals surface area contributed by atoms with E-state index in [0.717, 1.165) is 12.8 Å². The summed E-state index contributed by atoms with van der Waals surface area (Å²) in [5, 5.41) is 9.83. The van der Waals surface area contributed by atoms with Crippen molar-refractivity contribution in [2.45, 2.75) is 18.9 Å². The molecule has 0 radical (unpaired) electrons. The maximum absolute atomic E-state index is 11.0. The van der Waals surface area contributed by atoms with Gasteiger partial charge in [-0.05, 0) is 12.8 Å². The number of amidine groups is 1.